The Balaban J connectivity index is 0.00000225. The van der Waals surface area contributed by atoms with Crippen molar-refractivity contribution in [2.75, 3.05) is 13.6 Å². The minimum Gasteiger partial charge on any atom is -0.351 e. The summed E-state index contributed by atoms with van der Waals surface area (Å²) in [7, 11) is 2.07. The van der Waals surface area contributed by atoms with Crippen LogP contribution >= 0.6 is 24.0 Å². The smallest absolute Gasteiger partial charge is 0.251 e. The number of hydrogen-bond acceptors (Lipinski definition) is 2. The Labute approximate surface area is 183 Å². The van der Waals surface area contributed by atoms with E-state index in [2.05, 4.69) is 46.8 Å². The third kappa shape index (κ3) is 5.47. The number of nitrogens with zero attached hydrogens (tertiary/aromatic N) is 2. The standard InChI is InChI=1S/C22H26N4O.HI/c1-26-15-20(13-16-6-3-2-4-7-16)25-22(26)23-14-17-8-5-9-18(12-17)21(27)24-19-10-11-19;/h2-9,12,19-20H,10-11,13-15H2,1H3,(H,23,25)(H,24,27);1H. The molecule has 0 bridgehead atoms. The molecule has 1 saturated heterocycles. The highest BCUT2D eigenvalue weighted by atomic mass is 127. The van der Waals surface area contributed by atoms with Crippen molar-refractivity contribution in [1.82, 2.24) is 15.5 Å². The summed E-state index contributed by atoms with van der Waals surface area (Å²) in [5, 5.41) is 6.56. The summed E-state index contributed by atoms with van der Waals surface area (Å²) in [6, 6.07) is 19.0. The molecule has 148 valence electrons. The number of rotatable bonds is 6. The minimum atomic E-state index is 0. The first-order valence-electron chi connectivity index (χ1n) is 9.63. The molecule has 1 amide bonds. The molecule has 1 aliphatic carbocycles. The van der Waals surface area contributed by atoms with Crippen LogP contribution in [0, 0.1) is 0 Å². The molecule has 1 aliphatic heterocycles. The minimum absolute atomic E-state index is 0. The first kappa shape index (κ1) is 20.6. The number of nitrogens with one attached hydrogen (secondary N) is 2. The zero-order valence-corrected chi connectivity index (χ0v) is 18.4. The number of aliphatic imine (C=N–C) groups is 1. The van der Waals surface area contributed by atoms with E-state index in [-0.39, 0.29) is 29.9 Å². The number of benzene rings is 2. The summed E-state index contributed by atoms with van der Waals surface area (Å²) in [4.78, 5) is 19.1. The number of hydrogen-bond donors (Lipinski definition) is 2. The fourth-order valence-corrected chi connectivity index (χ4v) is 3.41. The Morgan fingerprint density at radius 3 is 2.64 bits per heavy atom. The van der Waals surface area contributed by atoms with Crippen molar-refractivity contribution in [3.63, 3.8) is 0 Å². The van der Waals surface area contributed by atoms with E-state index in [1.807, 2.05) is 30.3 Å². The third-order valence-electron chi connectivity index (χ3n) is 5.03. The highest BCUT2D eigenvalue weighted by Crippen LogP contribution is 2.19. The number of amides is 1. The lowest BCUT2D eigenvalue weighted by Crippen LogP contribution is -2.30. The van der Waals surface area contributed by atoms with Gasteiger partial charge in [-0.25, -0.2) is 4.99 Å². The fourth-order valence-electron chi connectivity index (χ4n) is 3.41. The molecular formula is C22H27IN4O. The topological polar surface area (TPSA) is 56.7 Å². The van der Waals surface area contributed by atoms with Crippen molar-refractivity contribution < 1.29 is 4.79 Å². The molecular weight excluding hydrogens is 463 g/mol. The van der Waals surface area contributed by atoms with E-state index in [9.17, 15) is 4.79 Å². The molecule has 0 spiro atoms. The van der Waals surface area contributed by atoms with Gasteiger partial charge in [-0.15, -0.1) is 24.0 Å². The summed E-state index contributed by atoms with van der Waals surface area (Å²) in [6.07, 6.45) is 3.18. The van der Waals surface area contributed by atoms with E-state index in [1.165, 1.54) is 5.56 Å². The molecule has 1 unspecified atom stereocenters. The Hall–Kier alpha value is -2.09. The van der Waals surface area contributed by atoms with Crippen molar-refractivity contribution >= 4 is 35.8 Å². The maximum absolute atomic E-state index is 12.2. The van der Waals surface area contributed by atoms with Gasteiger partial charge in [0.1, 0.15) is 0 Å². The Kier molecular flexibility index (Phi) is 6.93. The van der Waals surface area contributed by atoms with E-state index in [1.54, 1.807) is 0 Å². The summed E-state index contributed by atoms with van der Waals surface area (Å²) in [6.45, 7) is 1.51. The normalized spacial score (nSPS) is 19.8. The molecule has 2 aliphatic rings. The van der Waals surface area contributed by atoms with Crippen molar-refractivity contribution in [1.29, 1.82) is 0 Å². The number of guanidine groups is 1. The van der Waals surface area contributed by atoms with Crippen LogP contribution in [0.4, 0.5) is 0 Å². The van der Waals surface area contributed by atoms with Gasteiger partial charge in [-0.3, -0.25) is 4.79 Å². The van der Waals surface area contributed by atoms with Gasteiger partial charge in [-0.05, 0) is 42.5 Å². The van der Waals surface area contributed by atoms with Gasteiger partial charge in [0.25, 0.3) is 5.91 Å². The van der Waals surface area contributed by atoms with Gasteiger partial charge in [0, 0.05) is 25.2 Å². The van der Waals surface area contributed by atoms with Crippen LogP contribution in [0.2, 0.25) is 0 Å². The van der Waals surface area contributed by atoms with Crippen LogP contribution < -0.4 is 10.6 Å². The highest BCUT2D eigenvalue weighted by Gasteiger charge is 2.25. The predicted molar refractivity (Wildman–Crippen MR) is 123 cm³/mol. The predicted octanol–water partition coefficient (Wildman–Crippen LogP) is 3.20. The zero-order valence-electron chi connectivity index (χ0n) is 16.1. The molecule has 0 aromatic heterocycles. The largest absolute Gasteiger partial charge is 0.351 e. The number of likely N-dealkylation sites (N-methyl/N-ethyl adjacent to an activating group) is 1. The Bertz CT molecular complexity index is 835. The molecule has 2 fully saturated rings. The lowest BCUT2D eigenvalue weighted by atomic mass is 10.1. The van der Waals surface area contributed by atoms with Crippen LogP contribution in [0.25, 0.3) is 0 Å². The van der Waals surface area contributed by atoms with Gasteiger partial charge in [-0.1, -0.05) is 42.5 Å². The molecule has 4 rings (SSSR count). The SMILES string of the molecule is CN1CC(Cc2ccccc2)NC1=NCc1cccc(C(=O)NC2CC2)c1.I. The van der Waals surface area contributed by atoms with Crippen LogP contribution in [0.3, 0.4) is 0 Å². The summed E-state index contributed by atoms with van der Waals surface area (Å²) >= 11 is 0. The molecule has 1 atom stereocenters. The molecule has 2 aromatic rings. The lowest BCUT2D eigenvalue weighted by Gasteiger charge is -2.10. The average molecular weight is 490 g/mol. The maximum Gasteiger partial charge on any atom is 0.251 e. The second-order valence-corrected chi connectivity index (χ2v) is 7.50. The molecule has 0 radical (unpaired) electrons. The van der Waals surface area contributed by atoms with Gasteiger partial charge >= 0.3 is 0 Å². The van der Waals surface area contributed by atoms with Gasteiger partial charge in [0.15, 0.2) is 5.96 Å². The average Bonchev–Trinajstić information content (AvgIpc) is 3.43. The van der Waals surface area contributed by atoms with Crippen LogP contribution in [0.5, 0.6) is 0 Å². The first-order valence-corrected chi connectivity index (χ1v) is 9.63. The second kappa shape index (κ2) is 9.41. The van der Waals surface area contributed by atoms with Crippen molar-refractivity contribution in [2.24, 2.45) is 4.99 Å². The number of carbonyl (C=O) groups excluding carboxylic acids is 1. The molecule has 2 N–H and O–H groups in total. The quantitative estimate of drug-likeness (QED) is 0.612. The Morgan fingerprint density at radius 1 is 1.14 bits per heavy atom. The summed E-state index contributed by atoms with van der Waals surface area (Å²) in [5.41, 5.74) is 3.10. The Morgan fingerprint density at radius 2 is 1.89 bits per heavy atom. The van der Waals surface area contributed by atoms with E-state index >= 15 is 0 Å². The molecule has 6 heteroatoms. The lowest BCUT2D eigenvalue weighted by molar-refractivity contribution is 0.0951. The van der Waals surface area contributed by atoms with Gasteiger partial charge in [0.2, 0.25) is 0 Å². The van der Waals surface area contributed by atoms with Crippen molar-refractivity contribution in [2.45, 2.75) is 37.9 Å². The molecule has 2 aromatic carbocycles. The monoisotopic (exact) mass is 490 g/mol. The third-order valence-corrected chi connectivity index (χ3v) is 5.03. The van der Waals surface area contributed by atoms with Gasteiger partial charge in [-0.2, -0.15) is 0 Å². The van der Waals surface area contributed by atoms with Crippen molar-refractivity contribution in [3.8, 4) is 0 Å². The zero-order chi connectivity index (χ0) is 18.6. The molecule has 28 heavy (non-hydrogen) atoms. The van der Waals surface area contributed by atoms with E-state index < -0.39 is 0 Å². The molecule has 1 saturated carbocycles. The summed E-state index contributed by atoms with van der Waals surface area (Å²) < 4.78 is 0. The first-order chi connectivity index (χ1) is 13.2. The number of halogens is 1. The summed E-state index contributed by atoms with van der Waals surface area (Å²) in [5.74, 6) is 0.940. The highest BCUT2D eigenvalue weighted by molar-refractivity contribution is 14.0. The van der Waals surface area contributed by atoms with Gasteiger partial charge < -0.3 is 15.5 Å². The van der Waals surface area contributed by atoms with E-state index in [0.717, 1.165) is 37.3 Å². The number of carbonyl (C=O) groups is 1. The van der Waals surface area contributed by atoms with Crippen LogP contribution in [-0.2, 0) is 13.0 Å². The van der Waals surface area contributed by atoms with Gasteiger partial charge in [0.05, 0.1) is 12.6 Å². The maximum atomic E-state index is 12.2. The molecule has 1 heterocycles. The van der Waals surface area contributed by atoms with E-state index in [4.69, 9.17) is 4.99 Å². The van der Waals surface area contributed by atoms with Crippen LogP contribution in [0.15, 0.2) is 59.6 Å². The van der Waals surface area contributed by atoms with E-state index in [0.29, 0.717) is 24.2 Å². The van der Waals surface area contributed by atoms with Crippen molar-refractivity contribution in [3.05, 3.63) is 71.3 Å². The fraction of sp³-hybridized carbons (Fsp3) is 0.364. The molecule has 5 nitrogen and oxygen atoms in total. The second-order valence-electron chi connectivity index (χ2n) is 7.50. The van der Waals surface area contributed by atoms with Crippen LogP contribution in [0.1, 0.15) is 34.3 Å². The van der Waals surface area contributed by atoms with Crippen LogP contribution in [-0.4, -0.2) is 42.4 Å².